The predicted molar refractivity (Wildman–Crippen MR) is 108 cm³/mol. The number of nitrogens with zero attached hydrogens (tertiary/aromatic N) is 2. The number of carbonyl (C=O) groups excluding carboxylic acids is 2. The Morgan fingerprint density at radius 3 is 2.54 bits per heavy atom. The van der Waals surface area contributed by atoms with E-state index in [0.717, 1.165) is 50.1 Å². The van der Waals surface area contributed by atoms with Crippen molar-refractivity contribution in [2.24, 2.45) is 0 Å². The summed E-state index contributed by atoms with van der Waals surface area (Å²) in [5.74, 6) is 0.332. The van der Waals surface area contributed by atoms with Gasteiger partial charge in [0.1, 0.15) is 5.75 Å². The molecule has 2 aromatic rings. The molecule has 3 amide bonds. The van der Waals surface area contributed by atoms with Gasteiger partial charge in [0.2, 0.25) is 0 Å². The van der Waals surface area contributed by atoms with Crippen LogP contribution in [0.4, 0.5) is 10.5 Å². The lowest BCUT2D eigenvalue weighted by Gasteiger charge is -2.32. The number of ether oxygens (including phenoxy) is 1. The molecule has 1 fully saturated rings. The van der Waals surface area contributed by atoms with Gasteiger partial charge >= 0.3 is 6.03 Å². The number of nitrogens with one attached hydrogen (secondary N) is 1. The Balaban J connectivity index is 1.48. The summed E-state index contributed by atoms with van der Waals surface area (Å²) in [4.78, 5) is 29.2. The minimum Gasteiger partial charge on any atom is -0.496 e. The topological polar surface area (TPSA) is 61.9 Å². The molecule has 0 aliphatic carbocycles. The first-order valence-electron chi connectivity index (χ1n) is 9.76. The SMILES string of the molecule is COc1ccccc1C(=O)Nc1ccc2c(c1)CN(C(=O)N1CCCC1)CC2. The van der Waals surface area contributed by atoms with Crippen molar-refractivity contribution >= 4 is 17.6 Å². The summed E-state index contributed by atoms with van der Waals surface area (Å²) in [5, 5.41) is 2.95. The summed E-state index contributed by atoms with van der Waals surface area (Å²) in [6, 6.07) is 13.2. The van der Waals surface area contributed by atoms with Crippen LogP contribution in [0.15, 0.2) is 42.5 Å². The van der Waals surface area contributed by atoms with E-state index in [1.165, 1.54) is 5.56 Å². The zero-order valence-corrected chi connectivity index (χ0v) is 16.1. The first-order chi connectivity index (χ1) is 13.7. The van der Waals surface area contributed by atoms with E-state index < -0.39 is 0 Å². The minimum absolute atomic E-state index is 0.131. The maximum absolute atomic E-state index is 12.7. The van der Waals surface area contributed by atoms with Crippen molar-refractivity contribution in [3.8, 4) is 5.75 Å². The third kappa shape index (κ3) is 3.67. The molecule has 0 unspecified atom stereocenters. The number of urea groups is 1. The fraction of sp³-hybridized carbons (Fsp3) is 0.364. The van der Waals surface area contributed by atoms with Crippen LogP contribution in [0.2, 0.25) is 0 Å². The van der Waals surface area contributed by atoms with E-state index in [4.69, 9.17) is 4.74 Å². The molecule has 0 spiro atoms. The van der Waals surface area contributed by atoms with Gasteiger partial charge in [0.25, 0.3) is 5.91 Å². The number of rotatable bonds is 3. The van der Waals surface area contributed by atoms with Crippen LogP contribution in [0.3, 0.4) is 0 Å². The summed E-state index contributed by atoms with van der Waals surface area (Å²) in [6.45, 7) is 3.05. The van der Waals surface area contributed by atoms with Gasteiger partial charge in [0.05, 0.1) is 12.7 Å². The van der Waals surface area contributed by atoms with Gasteiger partial charge in [-0.3, -0.25) is 4.79 Å². The Morgan fingerprint density at radius 2 is 1.75 bits per heavy atom. The molecule has 2 aromatic carbocycles. The number of hydrogen-bond acceptors (Lipinski definition) is 3. The van der Waals surface area contributed by atoms with Gasteiger partial charge in [-0.15, -0.1) is 0 Å². The van der Waals surface area contributed by atoms with Gasteiger partial charge in [0.15, 0.2) is 0 Å². The van der Waals surface area contributed by atoms with Gasteiger partial charge in [-0.2, -0.15) is 0 Å². The number of amides is 3. The highest BCUT2D eigenvalue weighted by molar-refractivity contribution is 6.06. The highest BCUT2D eigenvalue weighted by Gasteiger charge is 2.27. The molecule has 2 aliphatic heterocycles. The van der Waals surface area contributed by atoms with E-state index in [1.54, 1.807) is 19.2 Å². The van der Waals surface area contributed by atoms with Crippen LogP contribution in [0, 0.1) is 0 Å². The summed E-state index contributed by atoms with van der Waals surface area (Å²) >= 11 is 0. The molecule has 0 saturated carbocycles. The molecule has 146 valence electrons. The fourth-order valence-electron chi connectivity index (χ4n) is 3.94. The van der Waals surface area contributed by atoms with E-state index in [1.807, 2.05) is 40.1 Å². The Labute approximate surface area is 165 Å². The molecule has 0 bridgehead atoms. The van der Waals surface area contributed by atoms with E-state index in [9.17, 15) is 9.59 Å². The largest absolute Gasteiger partial charge is 0.496 e. The second kappa shape index (κ2) is 7.92. The zero-order chi connectivity index (χ0) is 19.5. The maximum atomic E-state index is 12.7. The van der Waals surface area contributed by atoms with Gasteiger partial charge in [0, 0.05) is 31.9 Å². The van der Waals surface area contributed by atoms with Crippen LogP contribution in [-0.4, -0.2) is 48.5 Å². The van der Waals surface area contributed by atoms with Crippen molar-refractivity contribution in [1.82, 2.24) is 9.80 Å². The molecule has 0 radical (unpaired) electrons. The van der Waals surface area contributed by atoms with Crippen molar-refractivity contribution in [1.29, 1.82) is 0 Å². The van der Waals surface area contributed by atoms with Crippen molar-refractivity contribution in [3.63, 3.8) is 0 Å². The quantitative estimate of drug-likeness (QED) is 0.888. The summed E-state index contributed by atoms with van der Waals surface area (Å²) in [6.07, 6.45) is 3.03. The third-order valence-corrected chi connectivity index (χ3v) is 5.48. The monoisotopic (exact) mass is 379 g/mol. The minimum atomic E-state index is -0.210. The Kier molecular flexibility index (Phi) is 5.19. The predicted octanol–water partition coefficient (Wildman–Crippen LogP) is 3.52. The molecule has 4 rings (SSSR count). The van der Waals surface area contributed by atoms with E-state index in [2.05, 4.69) is 5.32 Å². The molecule has 0 aromatic heterocycles. The maximum Gasteiger partial charge on any atom is 0.320 e. The lowest BCUT2D eigenvalue weighted by atomic mass is 9.99. The molecule has 2 heterocycles. The Hall–Kier alpha value is -3.02. The third-order valence-electron chi connectivity index (χ3n) is 5.48. The lowest BCUT2D eigenvalue weighted by molar-refractivity contribution is 0.102. The highest BCUT2D eigenvalue weighted by Crippen LogP contribution is 2.25. The Morgan fingerprint density at radius 1 is 0.964 bits per heavy atom. The van der Waals surface area contributed by atoms with Crippen molar-refractivity contribution in [2.45, 2.75) is 25.8 Å². The van der Waals surface area contributed by atoms with Crippen LogP contribution >= 0.6 is 0 Å². The first kappa shape index (κ1) is 18.3. The zero-order valence-electron chi connectivity index (χ0n) is 16.1. The molecule has 1 saturated heterocycles. The summed E-state index contributed by atoms with van der Waals surface area (Å²) in [7, 11) is 1.55. The van der Waals surface area contributed by atoms with E-state index in [0.29, 0.717) is 17.9 Å². The number of para-hydroxylation sites is 1. The fourth-order valence-corrected chi connectivity index (χ4v) is 3.94. The second-order valence-corrected chi connectivity index (χ2v) is 7.29. The van der Waals surface area contributed by atoms with Crippen molar-refractivity contribution < 1.29 is 14.3 Å². The van der Waals surface area contributed by atoms with Crippen LogP contribution in [0.25, 0.3) is 0 Å². The number of fused-ring (bicyclic) bond motifs is 1. The average Bonchev–Trinajstić information content (AvgIpc) is 3.27. The molecule has 28 heavy (non-hydrogen) atoms. The van der Waals surface area contributed by atoms with E-state index >= 15 is 0 Å². The first-order valence-corrected chi connectivity index (χ1v) is 9.76. The number of anilines is 1. The van der Waals surface area contributed by atoms with Crippen LogP contribution in [-0.2, 0) is 13.0 Å². The van der Waals surface area contributed by atoms with Gasteiger partial charge in [-0.1, -0.05) is 18.2 Å². The second-order valence-electron chi connectivity index (χ2n) is 7.29. The van der Waals surface area contributed by atoms with E-state index in [-0.39, 0.29) is 11.9 Å². The molecule has 0 atom stereocenters. The van der Waals surface area contributed by atoms with Crippen LogP contribution in [0.5, 0.6) is 5.75 Å². The number of carbonyl (C=O) groups is 2. The summed E-state index contributed by atoms with van der Waals surface area (Å²) < 4.78 is 5.27. The standard InChI is InChI=1S/C22H25N3O3/c1-28-20-7-3-2-6-19(20)21(26)23-18-9-8-16-10-13-25(15-17(16)14-18)22(27)24-11-4-5-12-24/h2-3,6-9,14H,4-5,10-13,15H2,1H3,(H,23,26). The molecule has 6 nitrogen and oxygen atoms in total. The number of hydrogen-bond donors (Lipinski definition) is 1. The molecule has 1 N–H and O–H groups in total. The molecular formula is C22H25N3O3. The highest BCUT2D eigenvalue weighted by atomic mass is 16.5. The van der Waals surface area contributed by atoms with Gasteiger partial charge in [-0.05, 0) is 54.7 Å². The normalized spacial score (nSPS) is 15.9. The molecular weight excluding hydrogens is 354 g/mol. The van der Waals surface area contributed by atoms with Crippen molar-refractivity contribution in [2.75, 3.05) is 32.1 Å². The molecule has 6 heteroatoms. The smallest absolute Gasteiger partial charge is 0.320 e. The number of likely N-dealkylation sites (tertiary alicyclic amines) is 1. The van der Waals surface area contributed by atoms with Gasteiger partial charge in [-0.25, -0.2) is 4.79 Å². The lowest BCUT2D eigenvalue weighted by Crippen LogP contribution is -2.44. The molecule has 2 aliphatic rings. The summed E-state index contributed by atoms with van der Waals surface area (Å²) in [5.41, 5.74) is 3.55. The number of benzene rings is 2. The van der Waals surface area contributed by atoms with Crippen LogP contribution in [0.1, 0.15) is 34.3 Å². The van der Waals surface area contributed by atoms with Crippen molar-refractivity contribution in [3.05, 3.63) is 59.2 Å². The van der Waals surface area contributed by atoms with Gasteiger partial charge < -0.3 is 19.9 Å². The Bertz CT molecular complexity index is 890. The van der Waals surface area contributed by atoms with Crippen LogP contribution < -0.4 is 10.1 Å². The number of methoxy groups -OCH3 is 1. The average molecular weight is 379 g/mol.